The minimum atomic E-state index is -0.0304. The highest BCUT2D eigenvalue weighted by Crippen LogP contribution is 2.67. The third kappa shape index (κ3) is 3.65. The number of fused-ring (bicyclic) bond motifs is 5. The van der Waals surface area contributed by atoms with Crippen LogP contribution in [0.5, 0.6) is 0 Å². The summed E-state index contributed by atoms with van der Waals surface area (Å²) in [4.78, 5) is 10.7. The molecule has 8 unspecified atom stereocenters. The lowest BCUT2D eigenvalue weighted by molar-refractivity contribution is -0.127. The molecule has 0 heterocycles. The Labute approximate surface area is 167 Å². The van der Waals surface area contributed by atoms with Crippen molar-refractivity contribution < 1.29 is 9.90 Å². The van der Waals surface area contributed by atoms with E-state index in [-0.39, 0.29) is 6.10 Å². The summed E-state index contributed by atoms with van der Waals surface area (Å²) in [5, 5.41) is 10.2. The van der Waals surface area contributed by atoms with Gasteiger partial charge in [-0.15, -0.1) is 0 Å². The summed E-state index contributed by atoms with van der Waals surface area (Å²) in [6, 6.07) is 0. The molecule has 0 bridgehead atoms. The first-order chi connectivity index (χ1) is 13.0. The lowest BCUT2D eigenvalue weighted by Gasteiger charge is -2.61. The number of carbonyl (C=O) groups excluding carboxylic acids is 1. The Kier molecular flexibility index (Phi) is 6.76. The van der Waals surface area contributed by atoms with Crippen molar-refractivity contribution in [2.24, 2.45) is 40.4 Å². The fraction of sp³-hybridized carbons (Fsp3) is 0.960. The SMILES string of the molecule is CC.CC12CCC3C(CCC4CC(O)CCC43C)C1CCC2CCCC=O. The normalized spacial score (nSPS) is 48.5. The molecule has 4 fully saturated rings. The molecule has 0 aliphatic heterocycles. The van der Waals surface area contributed by atoms with Gasteiger partial charge in [-0.25, -0.2) is 0 Å². The van der Waals surface area contributed by atoms with Gasteiger partial charge in [-0.2, -0.15) is 0 Å². The van der Waals surface area contributed by atoms with Crippen LogP contribution in [0, 0.1) is 40.4 Å². The van der Waals surface area contributed by atoms with Gasteiger partial charge in [0, 0.05) is 6.42 Å². The first-order valence-corrected chi connectivity index (χ1v) is 12.1. The van der Waals surface area contributed by atoms with Crippen LogP contribution >= 0.6 is 0 Å². The average molecular weight is 377 g/mol. The highest BCUT2D eigenvalue weighted by molar-refractivity contribution is 5.48. The van der Waals surface area contributed by atoms with E-state index < -0.39 is 0 Å². The van der Waals surface area contributed by atoms with Crippen LogP contribution in [0.1, 0.15) is 105 Å². The molecule has 156 valence electrons. The van der Waals surface area contributed by atoms with Crippen molar-refractivity contribution in [1.29, 1.82) is 0 Å². The molecule has 0 radical (unpaired) electrons. The molecule has 4 saturated carbocycles. The molecule has 0 aromatic heterocycles. The van der Waals surface area contributed by atoms with Crippen molar-refractivity contribution >= 4 is 6.29 Å². The molecule has 4 aliphatic rings. The topological polar surface area (TPSA) is 37.3 Å². The van der Waals surface area contributed by atoms with Crippen molar-refractivity contribution in [3.63, 3.8) is 0 Å². The number of unbranched alkanes of at least 4 members (excludes halogenated alkanes) is 1. The second-order valence-electron chi connectivity index (χ2n) is 10.5. The summed E-state index contributed by atoms with van der Waals surface area (Å²) in [5.41, 5.74) is 1.04. The minimum absolute atomic E-state index is 0.0304. The van der Waals surface area contributed by atoms with E-state index in [9.17, 15) is 9.90 Å². The predicted molar refractivity (Wildman–Crippen MR) is 112 cm³/mol. The molecule has 0 saturated heterocycles. The van der Waals surface area contributed by atoms with Gasteiger partial charge in [0.2, 0.25) is 0 Å². The highest BCUT2D eigenvalue weighted by Gasteiger charge is 2.59. The van der Waals surface area contributed by atoms with E-state index in [0.29, 0.717) is 10.8 Å². The van der Waals surface area contributed by atoms with E-state index in [4.69, 9.17) is 0 Å². The van der Waals surface area contributed by atoms with Crippen LogP contribution in [0.3, 0.4) is 0 Å². The Bertz CT molecular complexity index is 503. The van der Waals surface area contributed by atoms with E-state index in [1.165, 1.54) is 51.4 Å². The van der Waals surface area contributed by atoms with E-state index in [1.807, 2.05) is 13.8 Å². The van der Waals surface area contributed by atoms with Gasteiger partial charge in [0.25, 0.3) is 0 Å². The monoisotopic (exact) mass is 376 g/mol. The van der Waals surface area contributed by atoms with Crippen LogP contribution in [0.15, 0.2) is 0 Å². The Hall–Kier alpha value is -0.370. The van der Waals surface area contributed by atoms with Gasteiger partial charge in [-0.1, -0.05) is 27.7 Å². The first-order valence-electron chi connectivity index (χ1n) is 12.1. The van der Waals surface area contributed by atoms with E-state index in [0.717, 1.165) is 61.6 Å². The zero-order valence-electron chi connectivity index (χ0n) is 18.4. The molecule has 0 spiro atoms. The maximum Gasteiger partial charge on any atom is 0.119 e. The van der Waals surface area contributed by atoms with Crippen LogP contribution in [0.2, 0.25) is 0 Å². The summed E-state index contributed by atoms with van der Waals surface area (Å²) in [6.45, 7) is 9.19. The van der Waals surface area contributed by atoms with Gasteiger partial charge >= 0.3 is 0 Å². The smallest absolute Gasteiger partial charge is 0.119 e. The van der Waals surface area contributed by atoms with Gasteiger partial charge in [0.15, 0.2) is 0 Å². The number of hydrogen-bond donors (Lipinski definition) is 1. The Morgan fingerprint density at radius 1 is 0.926 bits per heavy atom. The zero-order chi connectivity index (χ0) is 19.7. The highest BCUT2D eigenvalue weighted by atomic mass is 16.3. The maximum atomic E-state index is 10.7. The van der Waals surface area contributed by atoms with E-state index in [1.54, 1.807) is 0 Å². The second-order valence-corrected chi connectivity index (χ2v) is 10.5. The molecule has 4 aliphatic carbocycles. The van der Waals surface area contributed by atoms with Crippen LogP contribution in [0.4, 0.5) is 0 Å². The third-order valence-corrected chi connectivity index (χ3v) is 9.71. The predicted octanol–water partition coefficient (Wildman–Crippen LogP) is 6.40. The molecule has 1 N–H and O–H groups in total. The number of aliphatic hydroxyl groups is 1. The Morgan fingerprint density at radius 3 is 2.37 bits per heavy atom. The van der Waals surface area contributed by atoms with E-state index >= 15 is 0 Å². The largest absolute Gasteiger partial charge is 0.393 e. The second kappa shape index (κ2) is 8.56. The molecule has 2 nitrogen and oxygen atoms in total. The van der Waals surface area contributed by atoms with Crippen LogP contribution in [0.25, 0.3) is 0 Å². The standard InChI is InChI=1S/C23H38O2.C2H6/c1-22-13-11-21-19(20(22)9-7-16(22)5-3-4-14-24)8-6-17-15-18(25)10-12-23(17,21)2;1-2/h14,16-21,25H,3-13,15H2,1-2H3;1-2H3. The lowest BCUT2D eigenvalue weighted by Crippen LogP contribution is -2.53. The molecular formula is C25H44O2. The zero-order valence-corrected chi connectivity index (χ0v) is 18.4. The Morgan fingerprint density at radius 2 is 1.63 bits per heavy atom. The van der Waals surface area contributed by atoms with Gasteiger partial charge in [0.1, 0.15) is 6.29 Å². The van der Waals surface area contributed by atoms with Gasteiger partial charge in [-0.05, 0) is 111 Å². The fourth-order valence-corrected chi connectivity index (χ4v) is 8.27. The summed E-state index contributed by atoms with van der Waals surface area (Å²) in [6.07, 6.45) is 16.0. The molecule has 0 aromatic rings. The number of rotatable bonds is 4. The van der Waals surface area contributed by atoms with Crippen LogP contribution < -0.4 is 0 Å². The molecule has 0 aromatic carbocycles. The summed E-state index contributed by atoms with van der Waals surface area (Å²) < 4.78 is 0. The van der Waals surface area contributed by atoms with Crippen molar-refractivity contribution in [2.75, 3.05) is 0 Å². The number of aliphatic hydroxyl groups excluding tert-OH is 1. The summed E-state index contributed by atoms with van der Waals surface area (Å²) >= 11 is 0. The third-order valence-electron chi connectivity index (χ3n) is 9.71. The van der Waals surface area contributed by atoms with E-state index in [2.05, 4.69) is 13.8 Å². The lowest BCUT2D eigenvalue weighted by atomic mass is 9.44. The van der Waals surface area contributed by atoms with Crippen molar-refractivity contribution in [1.82, 2.24) is 0 Å². The molecular weight excluding hydrogens is 332 g/mol. The number of hydrogen-bond acceptors (Lipinski definition) is 2. The fourth-order valence-electron chi connectivity index (χ4n) is 8.27. The average Bonchev–Trinajstić information content (AvgIpc) is 3.01. The van der Waals surface area contributed by atoms with Crippen molar-refractivity contribution in [3.8, 4) is 0 Å². The molecule has 27 heavy (non-hydrogen) atoms. The molecule has 8 atom stereocenters. The number of aldehydes is 1. The minimum Gasteiger partial charge on any atom is -0.393 e. The van der Waals surface area contributed by atoms with Gasteiger partial charge in [0.05, 0.1) is 6.10 Å². The summed E-state index contributed by atoms with van der Waals surface area (Å²) in [5.74, 6) is 4.40. The quantitative estimate of drug-likeness (QED) is 0.455. The molecule has 2 heteroatoms. The van der Waals surface area contributed by atoms with Gasteiger partial charge < -0.3 is 9.90 Å². The van der Waals surface area contributed by atoms with Crippen molar-refractivity contribution in [2.45, 2.75) is 111 Å². The molecule has 4 rings (SSSR count). The van der Waals surface area contributed by atoms with Crippen LogP contribution in [-0.4, -0.2) is 17.5 Å². The maximum absolute atomic E-state index is 10.7. The summed E-state index contributed by atoms with van der Waals surface area (Å²) in [7, 11) is 0. The Balaban J connectivity index is 0.00000102. The van der Waals surface area contributed by atoms with Crippen LogP contribution in [-0.2, 0) is 4.79 Å². The first kappa shape index (κ1) is 21.3. The molecule has 0 amide bonds. The number of carbonyl (C=O) groups is 1. The van der Waals surface area contributed by atoms with Gasteiger partial charge in [-0.3, -0.25) is 0 Å². The van der Waals surface area contributed by atoms with Crippen molar-refractivity contribution in [3.05, 3.63) is 0 Å².